The highest BCUT2D eigenvalue weighted by Crippen LogP contribution is 2.18. The fraction of sp³-hybridized carbons (Fsp3) is 1.00. The van der Waals surface area contributed by atoms with E-state index in [4.69, 9.17) is 8.85 Å². The van der Waals surface area contributed by atoms with Gasteiger partial charge in [0.05, 0.1) is 0 Å². The van der Waals surface area contributed by atoms with Crippen LogP contribution in [0, 0.1) is 0 Å². The van der Waals surface area contributed by atoms with Crippen molar-refractivity contribution in [2.24, 2.45) is 0 Å². The highest BCUT2D eigenvalue weighted by Gasteiger charge is 2.34. The third kappa shape index (κ3) is 4.03. The SMILES string of the molecule is CCC[Si](CBr)(OCC)OCC. The molecule has 0 N–H and O–H groups in total. The summed E-state index contributed by atoms with van der Waals surface area (Å²) in [6.45, 7) is 7.75. The topological polar surface area (TPSA) is 18.5 Å². The first-order chi connectivity index (χ1) is 5.74. The summed E-state index contributed by atoms with van der Waals surface area (Å²) in [5.74, 6) is 0. The highest BCUT2D eigenvalue weighted by molar-refractivity contribution is 9.09. The van der Waals surface area contributed by atoms with Gasteiger partial charge in [-0.1, -0.05) is 29.3 Å². The van der Waals surface area contributed by atoms with Crippen LogP contribution in [0.25, 0.3) is 0 Å². The van der Waals surface area contributed by atoms with Gasteiger partial charge >= 0.3 is 8.56 Å². The van der Waals surface area contributed by atoms with Crippen LogP contribution in [0.2, 0.25) is 6.04 Å². The molecule has 0 aromatic rings. The van der Waals surface area contributed by atoms with Crippen molar-refractivity contribution in [3.63, 3.8) is 0 Å². The maximum atomic E-state index is 5.73. The molecule has 0 rings (SSSR count). The lowest BCUT2D eigenvalue weighted by atomic mass is 10.6. The molecule has 0 spiro atoms. The lowest BCUT2D eigenvalue weighted by Crippen LogP contribution is -2.44. The van der Waals surface area contributed by atoms with E-state index < -0.39 is 8.56 Å². The van der Waals surface area contributed by atoms with E-state index in [1.54, 1.807) is 0 Å². The van der Waals surface area contributed by atoms with Crippen LogP contribution in [0.4, 0.5) is 0 Å². The third-order valence-corrected chi connectivity index (χ3v) is 7.51. The molecule has 0 unspecified atom stereocenters. The second-order valence-electron chi connectivity index (χ2n) is 2.66. The van der Waals surface area contributed by atoms with Crippen LogP contribution >= 0.6 is 15.9 Å². The number of rotatable bonds is 7. The fourth-order valence-corrected chi connectivity index (χ4v) is 5.52. The van der Waals surface area contributed by atoms with E-state index in [-0.39, 0.29) is 0 Å². The Morgan fingerprint density at radius 2 is 1.58 bits per heavy atom. The molecule has 0 amide bonds. The summed E-state index contributed by atoms with van der Waals surface area (Å²) in [4.78, 5) is 0.884. The molecule has 0 aromatic carbocycles. The first-order valence-electron chi connectivity index (χ1n) is 4.58. The summed E-state index contributed by atoms with van der Waals surface area (Å²) in [7, 11) is -1.85. The average Bonchev–Trinajstić information content (AvgIpc) is 2.06. The van der Waals surface area contributed by atoms with Crippen molar-refractivity contribution in [3.8, 4) is 0 Å². The Kier molecular flexibility index (Phi) is 7.43. The second-order valence-corrected chi connectivity index (χ2v) is 7.51. The molecule has 0 bridgehead atoms. The van der Waals surface area contributed by atoms with E-state index in [0.717, 1.165) is 30.6 Å². The number of hydrogen-bond donors (Lipinski definition) is 0. The van der Waals surface area contributed by atoms with Crippen molar-refractivity contribution in [3.05, 3.63) is 0 Å². The normalized spacial score (nSPS) is 12.0. The van der Waals surface area contributed by atoms with E-state index >= 15 is 0 Å². The van der Waals surface area contributed by atoms with Crippen molar-refractivity contribution in [1.82, 2.24) is 0 Å². The van der Waals surface area contributed by atoms with Gasteiger partial charge in [0.2, 0.25) is 0 Å². The first kappa shape index (κ1) is 12.6. The molecule has 74 valence electrons. The summed E-state index contributed by atoms with van der Waals surface area (Å²) in [5.41, 5.74) is 0. The molecule has 0 aromatic heterocycles. The minimum absolute atomic E-state index is 0.762. The van der Waals surface area contributed by atoms with Gasteiger partial charge in [-0.25, -0.2) is 0 Å². The average molecular weight is 255 g/mol. The largest absolute Gasteiger partial charge is 0.394 e. The van der Waals surface area contributed by atoms with Gasteiger partial charge in [-0.3, -0.25) is 0 Å². The molecule has 0 radical (unpaired) electrons. The van der Waals surface area contributed by atoms with Gasteiger partial charge < -0.3 is 8.85 Å². The summed E-state index contributed by atoms with van der Waals surface area (Å²) >= 11 is 3.49. The standard InChI is InChI=1S/C8H19BrO2Si/c1-4-7-12(8-9,10-5-2)11-6-3/h4-8H2,1-3H3. The van der Waals surface area contributed by atoms with Gasteiger partial charge in [0.15, 0.2) is 0 Å². The predicted octanol–water partition coefficient (Wildman–Crippen LogP) is 2.85. The fourth-order valence-electron chi connectivity index (χ4n) is 1.24. The van der Waals surface area contributed by atoms with Crippen LogP contribution in [0.5, 0.6) is 0 Å². The lowest BCUT2D eigenvalue weighted by molar-refractivity contribution is 0.188. The minimum atomic E-state index is -1.85. The van der Waals surface area contributed by atoms with E-state index in [0.29, 0.717) is 0 Å². The monoisotopic (exact) mass is 254 g/mol. The molecule has 12 heavy (non-hydrogen) atoms. The van der Waals surface area contributed by atoms with Crippen molar-refractivity contribution in [2.75, 3.05) is 18.2 Å². The summed E-state index contributed by atoms with van der Waals surface area (Å²) in [6, 6.07) is 1.08. The van der Waals surface area contributed by atoms with Gasteiger partial charge in [-0.2, -0.15) is 0 Å². The van der Waals surface area contributed by atoms with Crippen LogP contribution in [0.1, 0.15) is 27.2 Å². The zero-order valence-corrected chi connectivity index (χ0v) is 10.8. The van der Waals surface area contributed by atoms with Gasteiger partial charge in [-0.05, 0) is 19.9 Å². The highest BCUT2D eigenvalue weighted by atomic mass is 79.9. The quantitative estimate of drug-likeness (QED) is 0.514. The van der Waals surface area contributed by atoms with E-state index in [1.807, 2.05) is 13.8 Å². The van der Waals surface area contributed by atoms with Crippen molar-refractivity contribution in [1.29, 1.82) is 0 Å². The molecule has 0 saturated heterocycles. The maximum absolute atomic E-state index is 5.73. The Labute approximate surface area is 85.0 Å². The Morgan fingerprint density at radius 1 is 1.08 bits per heavy atom. The smallest absolute Gasteiger partial charge is 0.348 e. The Bertz CT molecular complexity index is 94.2. The Balaban J connectivity index is 4.06. The van der Waals surface area contributed by atoms with Crippen LogP contribution in [0.15, 0.2) is 0 Å². The van der Waals surface area contributed by atoms with Gasteiger partial charge in [0, 0.05) is 18.2 Å². The first-order valence-corrected chi connectivity index (χ1v) is 7.93. The van der Waals surface area contributed by atoms with Gasteiger partial charge in [0.1, 0.15) is 0 Å². The van der Waals surface area contributed by atoms with Crippen molar-refractivity contribution in [2.45, 2.75) is 33.2 Å². The van der Waals surface area contributed by atoms with Crippen LogP contribution in [0.3, 0.4) is 0 Å². The zero-order valence-electron chi connectivity index (χ0n) is 8.23. The van der Waals surface area contributed by atoms with E-state index in [1.165, 1.54) is 0 Å². The second kappa shape index (κ2) is 7.06. The molecule has 4 heteroatoms. The molecule has 0 aliphatic rings. The molecule has 0 fully saturated rings. The minimum Gasteiger partial charge on any atom is -0.394 e. The molecule has 0 heterocycles. The van der Waals surface area contributed by atoms with Gasteiger partial charge in [0.25, 0.3) is 0 Å². The molecular weight excluding hydrogens is 236 g/mol. The van der Waals surface area contributed by atoms with E-state index in [9.17, 15) is 0 Å². The molecule has 2 nitrogen and oxygen atoms in total. The van der Waals surface area contributed by atoms with E-state index in [2.05, 4.69) is 22.9 Å². The number of halogens is 1. The van der Waals surface area contributed by atoms with Crippen LogP contribution < -0.4 is 0 Å². The molecule has 0 aliphatic carbocycles. The number of alkyl halides is 1. The predicted molar refractivity (Wildman–Crippen MR) is 57.9 cm³/mol. The Morgan fingerprint density at radius 3 is 1.83 bits per heavy atom. The van der Waals surface area contributed by atoms with Crippen LogP contribution in [-0.4, -0.2) is 26.7 Å². The summed E-state index contributed by atoms with van der Waals surface area (Å²) < 4.78 is 11.5. The molecular formula is C8H19BrO2Si. The number of hydrogen-bond acceptors (Lipinski definition) is 2. The summed E-state index contributed by atoms with van der Waals surface area (Å²) in [6.07, 6.45) is 1.14. The lowest BCUT2D eigenvalue weighted by Gasteiger charge is -2.27. The molecule has 0 saturated carbocycles. The Hall–Kier alpha value is 0.617. The third-order valence-electron chi connectivity index (χ3n) is 1.65. The zero-order chi connectivity index (χ0) is 9.45. The summed E-state index contributed by atoms with van der Waals surface area (Å²) in [5, 5.41) is 0. The molecule has 0 aliphatic heterocycles. The maximum Gasteiger partial charge on any atom is 0.348 e. The van der Waals surface area contributed by atoms with Crippen molar-refractivity contribution < 1.29 is 8.85 Å². The van der Waals surface area contributed by atoms with Crippen LogP contribution in [-0.2, 0) is 8.85 Å². The van der Waals surface area contributed by atoms with Gasteiger partial charge in [-0.15, -0.1) is 0 Å². The molecule has 0 atom stereocenters. The van der Waals surface area contributed by atoms with Crippen molar-refractivity contribution >= 4 is 24.5 Å².